The lowest BCUT2D eigenvalue weighted by Gasteiger charge is -2.08. The van der Waals surface area contributed by atoms with Crippen LogP contribution in [-0.4, -0.2) is 22.7 Å². The summed E-state index contributed by atoms with van der Waals surface area (Å²) in [5, 5.41) is 11.2. The molecule has 5 heteroatoms. The highest BCUT2D eigenvalue weighted by atomic mass is 16.5. The van der Waals surface area contributed by atoms with E-state index in [0.717, 1.165) is 28.1 Å². The van der Waals surface area contributed by atoms with Crippen LogP contribution in [0, 0.1) is 6.92 Å². The molecule has 0 aliphatic rings. The molecule has 26 heavy (non-hydrogen) atoms. The third kappa shape index (κ3) is 4.66. The predicted octanol–water partition coefficient (Wildman–Crippen LogP) is 4.03. The molecule has 1 aromatic heterocycles. The Hall–Kier alpha value is -3.21. The second-order valence-corrected chi connectivity index (χ2v) is 5.98. The molecule has 0 spiro atoms. The van der Waals surface area contributed by atoms with Crippen molar-refractivity contribution in [2.24, 2.45) is 0 Å². The molecule has 0 fully saturated rings. The summed E-state index contributed by atoms with van der Waals surface area (Å²) in [4.78, 5) is 12.3. The van der Waals surface area contributed by atoms with Crippen molar-refractivity contribution in [1.29, 1.82) is 0 Å². The fourth-order valence-corrected chi connectivity index (χ4v) is 2.67. The predicted molar refractivity (Wildman–Crippen MR) is 102 cm³/mol. The lowest BCUT2D eigenvalue weighted by atomic mass is 10.1. The number of hydrogen-bond donors (Lipinski definition) is 1. The van der Waals surface area contributed by atoms with E-state index in [0.29, 0.717) is 18.9 Å². The van der Waals surface area contributed by atoms with Crippen LogP contribution in [0.1, 0.15) is 18.1 Å². The van der Waals surface area contributed by atoms with Gasteiger partial charge in [0, 0.05) is 17.3 Å². The van der Waals surface area contributed by atoms with E-state index >= 15 is 0 Å². The fourth-order valence-electron chi connectivity index (χ4n) is 2.67. The van der Waals surface area contributed by atoms with Crippen molar-refractivity contribution in [2.75, 3.05) is 11.9 Å². The average molecular weight is 347 g/mol. The summed E-state index contributed by atoms with van der Waals surface area (Å²) in [5.41, 5.74) is 4.48. The Labute approximate surface area is 153 Å². The Morgan fingerprint density at radius 1 is 1.04 bits per heavy atom. The summed E-state index contributed by atoms with van der Waals surface area (Å²) < 4.78 is 5.31. The van der Waals surface area contributed by atoms with Gasteiger partial charge in [-0.1, -0.05) is 42.0 Å². The minimum absolute atomic E-state index is 0.0504. The molecule has 0 aliphatic carbocycles. The zero-order valence-electron chi connectivity index (χ0n) is 14.9. The molecule has 0 bridgehead atoms. The Morgan fingerprint density at radius 3 is 2.62 bits per heavy atom. The molecule has 0 radical (unpaired) electrons. The molecular weight excluding hydrogens is 326 g/mol. The van der Waals surface area contributed by atoms with Crippen molar-refractivity contribution >= 4 is 11.6 Å². The maximum Gasteiger partial charge on any atom is 0.233 e. The van der Waals surface area contributed by atoms with Gasteiger partial charge in [-0.2, -0.15) is 0 Å². The largest absolute Gasteiger partial charge is 0.477 e. The highest BCUT2D eigenvalue weighted by Crippen LogP contribution is 2.21. The number of ether oxygens (including phenoxy) is 1. The quantitative estimate of drug-likeness (QED) is 0.731. The van der Waals surface area contributed by atoms with E-state index in [4.69, 9.17) is 4.74 Å². The summed E-state index contributed by atoms with van der Waals surface area (Å²) in [6.45, 7) is 4.47. The molecule has 0 unspecified atom stereocenters. The molecule has 1 N–H and O–H groups in total. The minimum atomic E-state index is -0.0504. The lowest BCUT2D eigenvalue weighted by Crippen LogP contribution is -2.14. The van der Waals surface area contributed by atoms with Crippen LogP contribution in [0.25, 0.3) is 11.3 Å². The average Bonchev–Trinajstić information content (AvgIpc) is 2.63. The summed E-state index contributed by atoms with van der Waals surface area (Å²) in [7, 11) is 0. The number of aromatic nitrogens is 2. The van der Waals surface area contributed by atoms with Gasteiger partial charge in [0.15, 0.2) is 0 Å². The van der Waals surface area contributed by atoms with Crippen LogP contribution in [0.4, 0.5) is 5.69 Å². The molecule has 1 heterocycles. The van der Waals surface area contributed by atoms with Gasteiger partial charge in [0.25, 0.3) is 0 Å². The van der Waals surface area contributed by atoms with Crippen LogP contribution in [0.3, 0.4) is 0 Å². The smallest absolute Gasteiger partial charge is 0.233 e. The first kappa shape index (κ1) is 17.6. The second-order valence-electron chi connectivity index (χ2n) is 5.98. The van der Waals surface area contributed by atoms with E-state index in [1.165, 1.54) is 0 Å². The molecule has 0 atom stereocenters. The normalized spacial score (nSPS) is 10.4. The fraction of sp³-hybridized carbons (Fsp3) is 0.190. The van der Waals surface area contributed by atoms with Crippen molar-refractivity contribution < 1.29 is 9.53 Å². The second kappa shape index (κ2) is 8.25. The number of nitrogens with zero attached hydrogens (tertiary/aromatic N) is 2. The third-order valence-corrected chi connectivity index (χ3v) is 3.82. The van der Waals surface area contributed by atoms with Gasteiger partial charge in [0.05, 0.1) is 18.7 Å². The van der Waals surface area contributed by atoms with Crippen molar-refractivity contribution in [3.63, 3.8) is 0 Å². The Bertz CT molecular complexity index is 892. The number of rotatable bonds is 6. The van der Waals surface area contributed by atoms with Gasteiger partial charge in [-0.25, -0.2) is 0 Å². The number of amides is 1. The topological polar surface area (TPSA) is 64.1 Å². The third-order valence-electron chi connectivity index (χ3n) is 3.82. The van der Waals surface area contributed by atoms with Crippen molar-refractivity contribution in [2.45, 2.75) is 20.3 Å². The van der Waals surface area contributed by atoms with E-state index in [2.05, 4.69) is 15.5 Å². The minimum Gasteiger partial charge on any atom is -0.477 e. The van der Waals surface area contributed by atoms with Gasteiger partial charge in [0.1, 0.15) is 0 Å². The van der Waals surface area contributed by atoms with E-state index in [-0.39, 0.29) is 5.91 Å². The van der Waals surface area contributed by atoms with Crippen molar-refractivity contribution in [1.82, 2.24) is 10.2 Å². The molecule has 3 rings (SSSR count). The zero-order chi connectivity index (χ0) is 18.4. The molecule has 1 amide bonds. The molecular formula is C21H21N3O2. The van der Waals surface area contributed by atoms with Gasteiger partial charge in [-0.05, 0) is 37.6 Å². The van der Waals surface area contributed by atoms with Gasteiger partial charge in [0.2, 0.25) is 11.8 Å². The molecule has 0 saturated carbocycles. The first-order valence-corrected chi connectivity index (χ1v) is 8.56. The number of carbonyl (C=O) groups is 1. The van der Waals surface area contributed by atoms with Gasteiger partial charge in [-0.15, -0.1) is 10.2 Å². The van der Waals surface area contributed by atoms with Crippen LogP contribution in [0.15, 0.2) is 60.7 Å². The Balaban J connectivity index is 1.69. The SMILES string of the molecule is CCOc1ccc(-c2cccc(NC(=O)Cc3cccc(C)c3)c2)nn1. The Kier molecular flexibility index (Phi) is 5.59. The van der Waals surface area contributed by atoms with E-state index in [1.807, 2.05) is 68.4 Å². The first-order valence-electron chi connectivity index (χ1n) is 8.56. The van der Waals surface area contributed by atoms with Crippen LogP contribution in [0.5, 0.6) is 5.88 Å². The monoisotopic (exact) mass is 347 g/mol. The maximum absolute atomic E-state index is 12.3. The summed E-state index contributed by atoms with van der Waals surface area (Å²) in [6.07, 6.45) is 0.342. The Morgan fingerprint density at radius 2 is 1.88 bits per heavy atom. The van der Waals surface area contributed by atoms with E-state index < -0.39 is 0 Å². The first-order chi connectivity index (χ1) is 12.6. The number of benzene rings is 2. The number of aryl methyl sites for hydroxylation is 1. The number of anilines is 1. The highest BCUT2D eigenvalue weighted by molar-refractivity contribution is 5.92. The summed E-state index contributed by atoms with van der Waals surface area (Å²) in [6, 6.07) is 19.2. The van der Waals surface area contributed by atoms with E-state index in [9.17, 15) is 4.79 Å². The molecule has 2 aromatic carbocycles. The summed E-state index contributed by atoms with van der Waals surface area (Å²) in [5.74, 6) is 0.449. The highest BCUT2D eigenvalue weighted by Gasteiger charge is 2.07. The maximum atomic E-state index is 12.3. The standard InChI is InChI=1S/C21H21N3O2/c1-3-26-21-11-10-19(23-24-21)17-8-5-9-18(14-17)22-20(25)13-16-7-4-6-15(2)12-16/h4-12,14H,3,13H2,1-2H3,(H,22,25). The molecule has 3 aromatic rings. The van der Waals surface area contributed by atoms with Crippen molar-refractivity contribution in [3.8, 4) is 17.1 Å². The van der Waals surface area contributed by atoms with Crippen LogP contribution in [0.2, 0.25) is 0 Å². The molecule has 132 valence electrons. The van der Waals surface area contributed by atoms with Gasteiger partial charge in [-0.3, -0.25) is 4.79 Å². The molecule has 0 aliphatic heterocycles. The van der Waals surface area contributed by atoms with Gasteiger partial charge < -0.3 is 10.1 Å². The van der Waals surface area contributed by atoms with Crippen LogP contribution in [-0.2, 0) is 11.2 Å². The number of hydrogen-bond acceptors (Lipinski definition) is 4. The lowest BCUT2D eigenvalue weighted by molar-refractivity contribution is -0.115. The zero-order valence-corrected chi connectivity index (χ0v) is 14.9. The van der Waals surface area contributed by atoms with Crippen LogP contribution < -0.4 is 10.1 Å². The van der Waals surface area contributed by atoms with Crippen molar-refractivity contribution in [3.05, 3.63) is 71.8 Å². The number of carbonyl (C=O) groups excluding carboxylic acids is 1. The molecule has 0 saturated heterocycles. The number of nitrogens with one attached hydrogen (secondary N) is 1. The van der Waals surface area contributed by atoms with E-state index in [1.54, 1.807) is 6.07 Å². The van der Waals surface area contributed by atoms with Crippen LogP contribution >= 0.6 is 0 Å². The summed E-state index contributed by atoms with van der Waals surface area (Å²) >= 11 is 0. The molecule has 5 nitrogen and oxygen atoms in total. The van der Waals surface area contributed by atoms with Gasteiger partial charge >= 0.3 is 0 Å².